The lowest BCUT2D eigenvalue weighted by atomic mass is 10.1. The number of benzene rings is 1. The van der Waals surface area contributed by atoms with Crippen molar-refractivity contribution in [3.63, 3.8) is 0 Å². The third kappa shape index (κ3) is 3.03. The van der Waals surface area contributed by atoms with Crippen LogP contribution in [0.25, 0.3) is 0 Å². The molecule has 0 aliphatic carbocycles. The fourth-order valence-corrected chi connectivity index (χ4v) is 2.30. The standard InChI is InChI=1S/C13H16N2O4/c14-9-3-1-2-8(4-9)5-12(17)15-7-10(16)6-11(15)13(18)19/h1-4,10-11,16H,5-7,14H2,(H,18,19)/t10?,11-/m0/s1. The molecule has 1 unspecified atom stereocenters. The second-order valence-corrected chi connectivity index (χ2v) is 4.71. The van der Waals surface area contributed by atoms with Gasteiger partial charge in [-0.2, -0.15) is 0 Å². The molecule has 1 aliphatic rings. The molecular weight excluding hydrogens is 248 g/mol. The average molecular weight is 264 g/mol. The van der Waals surface area contributed by atoms with Crippen molar-refractivity contribution < 1.29 is 19.8 Å². The number of nitrogen functional groups attached to an aromatic ring is 1. The molecule has 1 saturated heterocycles. The van der Waals surface area contributed by atoms with Gasteiger partial charge >= 0.3 is 5.97 Å². The van der Waals surface area contributed by atoms with Crippen LogP contribution in [0.15, 0.2) is 24.3 Å². The highest BCUT2D eigenvalue weighted by molar-refractivity contribution is 5.85. The summed E-state index contributed by atoms with van der Waals surface area (Å²) in [6.07, 6.45) is -0.606. The number of carbonyl (C=O) groups is 2. The quantitative estimate of drug-likeness (QED) is 0.659. The zero-order chi connectivity index (χ0) is 14.0. The molecule has 1 fully saturated rings. The van der Waals surface area contributed by atoms with E-state index < -0.39 is 18.1 Å². The molecule has 19 heavy (non-hydrogen) atoms. The predicted octanol–water partition coefficient (Wildman–Crippen LogP) is -0.142. The van der Waals surface area contributed by atoms with Crippen LogP contribution < -0.4 is 5.73 Å². The molecule has 1 aromatic carbocycles. The Morgan fingerprint density at radius 1 is 1.42 bits per heavy atom. The lowest BCUT2D eigenvalue weighted by molar-refractivity contribution is -0.148. The van der Waals surface area contributed by atoms with Crippen LogP contribution in [-0.4, -0.2) is 45.7 Å². The molecule has 0 aromatic heterocycles. The van der Waals surface area contributed by atoms with Crippen LogP contribution in [0.1, 0.15) is 12.0 Å². The lowest BCUT2D eigenvalue weighted by Gasteiger charge is -2.21. The Hall–Kier alpha value is -2.08. The van der Waals surface area contributed by atoms with E-state index in [0.717, 1.165) is 5.56 Å². The van der Waals surface area contributed by atoms with E-state index in [4.69, 9.17) is 10.8 Å². The summed E-state index contributed by atoms with van der Waals surface area (Å²) in [5.41, 5.74) is 6.92. The summed E-state index contributed by atoms with van der Waals surface area (Å²) in [5.74, 6) is -1.40. The molecule has 0 bridgehead atoms. The molecule has 1 aliphatic heterocycles. The Kier molecular flexibility index (Phi) is 3.71. The van der Waals surface area contributed by atoms with Crippen molar-refractivity contribution in [2.24, 2.45) is 0 Å². The third-order valence-corrected chi connectivity index (χ3v) is 3.19. The van der Waals surface area contributed by atoms with Gasteiger partial charge in [0.25, 0.3) is 0 Å². The summed E-state index contributed by atoms with van der Waals surface area (Å²) in [5, 5.41) is 18.5. The molecule has 1 heterocycles. The van der Waals surface area contributed by atoms with Gasteiger partial charge in [0.05, 0.1) is 12.5 Å². The summed E-state index contributed by atoms with van der Waals surface area (Å²) in [6.45, 7) is 0.0676. The van der Waals surface area contributed by atoms with Crippen LogP contribution in [0.5, 0.6) is 0 Å². The van der Waals surface area contributed by atoms with Gasteiger partial charge in [-0.05, 0) is 17.7 Å². The number of likely N-dealkylation sites (tertiary alicyclic amines) is 1. The monoisotopic (exact) mass is 264 g/mol. The lowest BCUT2D eigenvalue weighted by Crippen LogP contribution is -2.41. The molecule has 4 N–H and O–H groups in total. The maximum atomic E-state index is 12.1. The Bertz CT molecular complexity index is 503. The van der Waals surface area contributed by atoms with E-state index in [1.807, 2.05) is 0 Å². The Labute approximate surface area is 110 Å². The van der Waals surface area contributed by atoms with E-state index in [1.54, 1.807) is 24.3 Å². The van der Waals surface area contributed by atoms with Gasteiger partial charge in [-0.3, -0.25) is 4.79 Å². The fourth-order valence-electron chi connectivity index (χ4n) is 2.30. The van der Waals surface area contributed by atoms with E-state index in [9.17, 15) is 14.7 Å². The van der Waals surface area contributed by atoms with Gasteiger partial charge in [0, 0.05) is 18.7 Å². The van der Waals surface area contributed by atoms with Crippen molar-refractivity contribution in [2.75, 3.05) is 12.3 Å². The van der Waals surface area contributed by atoms with E-state index in [2.05, 4.69) is 0 Å². The first-order valence-corrected chi connectivity index (χ1v) is 6.02. The Balaban J connectivity index is 2.09. The highest BCUT2D eigenvalue weighted by Crippen LogP contribution is 2.20. The fraction of sp³-hybridized carbons (Fsp3) is 0.385. The largest absolute Gasteiger partial charge is 0.480 e. The van der Waals surface area contributed by atoms with Gasteiger partial charge in [0.1, 0.15) is 6.04 Å². The van der Waals surface area contributed by atoms with Crippen molar-refractivity contribution in [3.05, 3.63) is 29.8 Å². The average Bonchev–Trinajstić information content (AvgIpc) is 2.71. The third-order valence-electron chi connectivity index (χ3n) is 3.19. The van der Waals surface area contributed by atoms with Crippen molar-refractivity contribution in [1.82, 2.24) is 4.90 Å². The number of amides is 1. The number of aliphatic hydroxyl groups excluding tert-OH is 1. The topological polar surface area (TPSA) is 104 Å². The molecule has 2 rings (SSSR count). The number of aliphatic carboxylic acids is 1. The molecule has 0 saturated carbocycles. The van der Waals surface area contributed by atoms with Gasteiger partial charge in [-0.1, -0.05) is 12.1 Å². The van der Waals surface area contributed by atoms with Gasteiger partial charge in [0.2, 0.25) is 5.91 Å². The summed E-state index contributed by atoms with van der Waals surface area (Å²) >= 11 is 0. The number of hydrogen-bond donors (Lipinski definition) is 3. The number of rotatable bonds is 3. The van der Waals surface area contributed by atoms with Gasteiger partial charge < -0.3 is 20.8 Å². The minimum Gasteiger partial charge on any atom is -0.480 e. The van der Waals surface area contributed by atoms with Crippen LogP contribution in [0.4, 0.5) is 5.69 Å². The smallest absolute Gasteiger partial charge is 0.326 e. The van der Waals surface area contributed by atoms with Gasteiger partial charge in [0.15, 0.2) is 0 Å². The summed E-state index contributed by atoms with van der Waals surface area (Å²) in [7, 11) is 0. The Morgan fingerprint density at radius 2 is 2.16 bits per heavy atom. The van der Waals surface area contributed by atoms with Crippen LogP contribution in [0.2, 0.25) is 0 Å². The number of β-amino-alcohol motifs (C(OH)–C–C–N with tert-alkyl or cyclic N) is 1. The number of nitrogens with two attached hydrogens (primary N) is 1. The highest BCUT2D eigenvalue weighted by Gasteiger charge is 2.38. The molecule has 1 amide bonds. The van der Waals surface area contributed by atoms with Crippen molar-refractivity contribution in [3.8, 4) is 0 Å². The summed E-state index contributed by atoms with van der Waals surface area (Å²) < 4.78 is 0. The van der Waals surface area contributed by atoms with Gasteiger partial charge in [-0.25, -0.2) is 4.79 Å². The normalized spacial score (nSPS) is 22.5. The SMILES string of the molecule is Nc1cccc(CC(=O)N2CC(O)C[C@H]2C(=O)O)c1. The first kappa shape index (κ1) is 13.4. The van der Waals surface area contributed by atoms with Crippen molar-refractivity contribution >= 4 is 17.6 Å². The molecule has 0 spiro atoms. The number of carboxylic acid groups (broad SMARTS) is 1. The van der Waals surface area contributed by atoms with Gasteiger partial charge in [-0.15, -0.1) is 0 Å². The molecule has 1 aromatic rings. The maximum Gasteiger partial charge on any atom is 0.326 e. The minimum absolute atomic E-state index is 0.0676. The number of nitrogens with zero attached hydrogens (tertiary/aromatic N) is 1. The number of carboxylic acids is 1. The molecule has 0 radical (unpaired) electrons. The number of anilines is 1. The number of carbonyl (C=O) groups excluding carboxylic acids is 1. The van der Waals surface area contributed by atoms with E-state index >= 15 is 0 Å². The van der Waals surface area contributed by atoms with Crippen molar-refractivity contribution in [2.45, 2.75) is 25.0 Å². The van der Waals surface area contributed by atoms with Crippen molar-refractivity contribution in [1.29, 1.82) is 0 Å². The summed E-state index contributed by atoms with van der Waals surface area (Å²) in [4.78, 5) is 24.4. The first-order chi connectivity index (χ1) is 8.97. The zero-order valence-corrected chi connectivity index (χ0v) is 10.3. The van der Waals surface area contributed by atoms with E-state index in [-0.39, 0.29) is 25.3 Å². The number of hydrogen-bond acceptors (Lipinski definition) is 4. The maximum absolute atomic E-state index is 12.1. The molecule has 6 heteroatoms. The minimum atomic E-state index is -1.09. The molecular formula is C13H16N2O4. The van der Waals surface area contributed by atoms with Crippen LogP contribution in [0, 0.1) is 0 Å². The first-order valence-electron chi connectivity index (χ1n) is 6.02. The second-order valence-electron chi connectivity index (χ2n) is 4.71. The zero-order valence-electron chi connectivity index (χ0n) is 10.3. The van der Waals surface area contributed by atoms with E-state index in [0.29, 0.717) is 5.69 Å². The Morgan fingerprint density at radius 3 is 2.79 bits per heavy atom. The molecule has 102 valence electrons. The number of aliphatic hydroxyl groups is 1. The summed E-state index contributed by atoms with van der Waals surface area (Å²) in [6, 6.07) is 5.96. The van der Waals surface area contributed by atoms with Crippen LogP contribution >= 0.6 is 0 Å². The highest BCUT2D eigenvalue weighted by atomic mass is 16.4. The molecule has 2 atom stereocenters. The second kappa shape index (κ2) is 5.27. The van der Waals surface area contributed by atoms with Crippen LogP contribution in [0.3, 0.4) is 0 Å². The predicted molar refractivity (Wildman–Crippen MR) is 68.3 cm³/mol. The van der Waals surface area contributed by atoms with Crippen LogP contribution in [-0.2, 0) is 16.0 Å². The molecule has 6 nitrogen and oxygen atoms in total. The van der Waals surface area contributed by atoms with E-state index in [1.165, 1.54) is 4.90 Å².